The van der Waals surface area contributed by atoms with Crippen molar-refractivity contribution in [1.82, 2.24) is 0 Å². The normalized spacial score (nSPS) is 18.0. The Kier molecular flexibility index (Phi) is 5.12. The molecule has 0 saturated carbocycles. The van der Waals surface area contributed by atoms with E-state index in [0.717, 1.165) is 0 Å². The van der Waals surface area contributed by atoms with Crippen LogP contribution in [-0.4, -0.2) is 31.0 Å². The Bertz CT molecular complexity index is 162. The Morgan fingerprint density at radius 3 is 1.50 bits per heavy atom. The quantitative estimate of drug-likeness (QED) is 0.622. The van der Waals surface area contributed by atoms with E-state index < -0.39 is 5.79 Å². The van der Waals surface area contributed by atoms with Crippen LogP contribution in [0.25, 0.3) is 0 Å². The van der Waals surface area contributed by atoms with Gasteiger partial charge < -0.3 is 5.73 Å². The zero-order chi connectivity index (χ0) is 9.45. The van der Waals surface area contributed by atoms with E-state index in [1.54, 1.807) is 18.6 Å². The number of hydrogen-bond donors (Lipinski definition) is 1. The van der Waals surface area contributed by atoms with Gasteiger partial charge >= 0.3 is 0 Å². The predicted octanol–water partition coefficient (Wildman–Crippen LogP) is 0.871. The molecule has 12 heavy (non-hydrogen) atoms. The van der Waals surface area contributed by atoms with Crippen LogP contribution in [0.4, 0.5) is 0 Å². The zero-order valence-electron chi connectivity index (χ0n) is 7.86. The number of nitrogens with zero attached hydrogens (tertiary/aromatic N) is 3. The van der Waals surface area contributed by atoms with Crippen molar-refractivity contribution in [3.8, 4) is 0 Å². The maximum atomic E-state index is 5.52. The standard InChI is InChI=1S/C8H16N4/c1-4-10-8(7-9,11-5-2)12-6-3/h4-6H,7,9H2,1-3H3. The lowest BCUT2D eigenvalue weighted by Gasteiger charge is -2.17. The fraction of sp³-hybridized carbons (Fsp3) is 0.625. The molecule has 0 radical (unpaired) electrons. The van der Waals surface area contributed by atoms with Gasteiger partial charge in [-0.1, -0.05) is 0 Å². The van der Waals surface area contributed by atoms with Crippen molar-refractivity contribution in [2.24, 2.45) is 20.7 Å². The average Bonchev–Trinajstić information content (AvgIpc) is 2.06. The summed E-state index contributed by atoms with van der Waals surface area (Å²) in [4.78, 5) is 12.3. The molecule has 4 nitrogen and oxygen atoms in total. The van der Waals surface area contributed by atoms with Gasteiger partial charge in [-0.25, -0.2) is 15.0 Å². The molecule has 0 saturated heterocycles. The van der Waals surface area contributed by atoms with E-state index in [1.807, 2.05) is 20.8 Å². The Morgan fingerprint density at radius 2 is 1.33 bits per heavy atom. The maximum Gasteiger partial charge on any atom is 0.256 e. The van der Waals surface area contributed by atoms with Gasteiger partial charge in [-0.2, -0.15) is 0 Å². The van der Waals surface area contributed by atoms with Crippen LogP contribution >= 0.6 is 0 Å². The average molecular weight is 168 g/mol. The van der Waals surface area contributed by atoms with Gasteiger partial charge in [0.05, 0.1) is 6.54 Å². The highest BCUT2D eigenvalue weighted by Gasteiger charge is 2.21. The molecular formula is C8H16N4. The Morgan fingerprint density at radius 1 is 1.00 bits per heavy atom. The van der Waals surface area contributed by atoms with Gasteiger partial charge in [0.25, 0.3) is 5.79 Å². The van der Waals surface area contributed by atoms with Gasteiger partial charge in [-0.3, -0.25) is 0 Å². The zero-order valence-corrected chi connectivity index (χ0v) is 7.86. The Hall–Kier alpha value is -1.03. The minimum Gasteiger partial charge on any atom is -0.325 e. The van der Waals surface area contributed by atoms with Gasteiger partial charge in [-0.15, -0.1) is 0 Å². The lowest BCUT2D eigenvalue weighted by atomic mass is 10.4. The maximum absolute atomic E-state index is 5.52. The summed E-state index contributed by atoms with van der Waals surface area (Å²) in [6.45, 7) is 5.74. The molecule has 0 spiro atoms. The lowest BCUT2D eigenvalue weighted by Crippen LogP contribution is -2.32. The van der Waals surface area contributed by atoms with Crippen molar-refractivity contribution in [2.75, 3.05) is 6.54 Å². The topological polar surface area (TPSA) is 63.1 Å². The summed E-state index contributed by atoms with van der Waals surface area (Å²) in [7, 11) is 0. The molecule has 0 aliphatic rings. The lowest BCUT2D eigenvalue weighted by molar-refractivity contribution is 0.491. The molecule has 0 rings (SSSR count). The van der Waals surface area contributed by atoms with Gasteiger partial charge in [0.1, 0.15) is 0 Å². The minimum atomic E-state index is -0.821. The number of aliphatic imine (C=N–C) groups is 3. The number of hydrogen-bond acceptors (Lipinski definition) is 4. The molecule has 0 atom stereocenters. The Labute approximate surface area is 73.3 Å². The highest BCUT2D eigenvalue weighted by atomic mass is 15.2. The van der Waals surface area contributed by atoms with Crippen LogP contribution in [0.15, 0.2) is 15.0 Å². The predicted molar refractivity (Wildman–Crippen MR) is 54.3 cm³/mol. The first-order valence-electron chi connectivity index (χ1n) is 3.94. The van der Waals surface area contributed by atoms with Crippen LogP contribution in [0.5, 0.6) is 0 Å². The second-order valence-corrected chi connectivity index (χ2v) is 2.14. The van der Waals surface area contributed by atoms with E-state index in [-0.39, 0.29) is 6.54 Å². The molecule has 0 unspecified atom stereocenters. The van der Waals surface area contributed by atoms with E-state index >= 15 is 0 Å². The first-order chi connectivity index (χ1) is 5.74. The summed E-state index contributed by atoms with van der Waals surface area (Å²) in [6.07, 6.45) is 4.98. The molecule has 0 aliphatic heterocycles. The van der Waals surface area contributed by atoms with E-state index in [0.29, 0.717) is 0 Å². The summed E-state index contributed by atoms with van der Waals surface area (Å²) < 4.78 is 0. The third kappa shape index (κ3) is 2.92. The third-order valence-electron chi connectivity index (χ3n) is 1.28. The first kappa shape index (κ1) is 11.0. The van der Waals surface area contributed by atoms with Crippen molar-refractivity contribution in [2.45, 2.75) is 26.6 Å². The SMILES string of the molecule is CC=NC(CN)(N=CC)N=CC. The highest BCUT2D eigenvalue weighted by Crippen LogP contribution is 2.11. The van der Waals surface area contributed by atoms with Crippen LogP contribution in [0.2, 0.25) is 0 Å². The number of rotatable bonds is 4. The monoisotopic (exact) mass is 168 g/mol. The molecule has 0 heterocycles. The summed E-state index contributed by atoms with van der Waals surface area (Å²) in [5.74, 6) is -0.821. The van der Waals surface area contributed by atoms with Crippen LogP contribution in [0.3, 0.4) is 0 Å². The molecule has 4 heteroatoms. The number of nitrogens with two attached hydrogens (primary N) is 1. The minimum absolute atomic E-state index is 0.284. The van der Waals surface area contributed by atoms with Crippen LogP contribution in [-0.2, 0) is 0 Å². The molecule has 0 aromatic carbocycles. The van der Waals surface area contributed by atoms with E-state index in [4.69, 9.17) is 5.73 Å². The second kappa shape index (κ2) is 5.60. The van der Waals surface area contributed by atoms with Crippen molar-refractivity contribution >= 4 is 18.6 Å². The van der Waals surface area contributed by atoms with Crippen molar-refractivity contribution < 1.29 is 0 Å². The molecular weight excluding hydrogens is 152 g/mol. The van der Waals surface area contributed by atoms with Gasteiger partial charge in [0.2, 0.25) is 0 Å². The van der Waals surface area contributed by atoms with Crippen LogP contribution in [0.1, 0.15) is 20.8 Å². The van der Waals surface area contributed by atoms with Crippen molar-refractivity contribution in [3.05, 3.63) is 0 Å². The molecule has 0 bridgehead atoms. The summed E-state index contributed by atoms with van der Waals surface area (Å²) >= 11 is 0. The second-order valence-electron chi connectivity index (χ2n) is 2.14. The molecule has 0 aliphatic carbocycles. The molecule has 0 amide bonds. The summed E-state index contributed by atoms with van der Waals surface area (Å²) in [6, 6.07) is 0. The van der Waals surface area contributed by atoms with E-state index in [1.165, 1.54) is 0 Å². The summed E-state index contributed by atoms with van der Waals surface area (Å²) in [5.41, 5.74) is 5.52. The summed E-state index contributed by atoms with van der Waals surface area (Å²) in [5, 5.41) is 0. The third-order valence-corrected chi connectivity index (χ3v) is 1.28. The molecule has 0 aromatic rings. The largest absolute Gasteiger partial charge is 0.325 e. The highest BCUT2D eigenvalue weighted by molar-refractivity contribution is 5.59. The molecule has 0 fully saturated rings. The van der Waals surface area contributed by atoms with Crippen LogP contribution < -0.4 is 5.73 Å². The van der Waals surface area contributed by atoms with Crippen LogP contribution in [0, 0.1) is 0 Å². The van der Waals surface area contributed by atoms with Crippen molar-refractivity contribution in [3.63, 3.8) is 0 Å². The molecule has 68 valence electrons. The van der Waals surface area contributed by atoms with Gasteiger partial charge in [0, 0.05) is 18.6 Å². The van der Waals surface area contributed by atoms with Crippen molar-refractivity contribution in [1.29, 1.82) is 0 Å². The molecule has 0 aromatic heterocycles. The molecule has 2 N–H and O–H groups in total. The fourth-order valence-corrected chi connectivity index (χ4v) is 0.878. The van der Waals surface area contributed by atoms with Gasteiger partial charge in [0.15, 0.2) is 0 Å². The Balaban J connectivity index is 4.74. The van der Waals surface area contributed by atoms with E-state index in [9.17, 15) is 0 Å². The first-order valence-corrected chi connectivity index (χ1v) is 3.94. The van der Waals surface area contributed by atoms with Gasteiger partial charge in [-0.05, 0) is 20.8 Å². The fourth-order valence-electron chi connectivity index (χ4n) is 0.878. The smallest absolute Gasteiger partial charge is 0.256 e. The van der Waals surface area contributed by atoms with E-state index in [2.05, 4.69) is 15.0 Å².